The summed E-state index contributed by atoms with van der Waals surface area (Å²) in [6.07, 6.45) is 27.9. The summed E-state index contributed by atoms with van der Waals surface area (Å²) in [6.45, 7) is 10.2. The Balaban J connectivity index is 5.44. The number of amides is 1. The van der Waals surface area contributed by atoms with Crippen molar-refractivity contribution in [3.8, 4) is 0 Å². The molecule has 0 aromatic heterocycles. The molecule has 0 heterocycles. The van der Waals surface area contributed by atoms with Crippen molar-refractivity contribution in [3.05, 3.63) is 0 Å². The first-order valence-electron chi connectivity index (χ1n) is 18.4. The van der Waals surface area contributed by atoms with E-state index in [2.05, 4.69) is 38.3 Å². The van der Waals surface area contributed by atoms with E-state index in [0.717, 1.165) is 44.9 Å². The fraction of sp³-hybridized carbons (Fsp3) is 0.944. The SMILES string of the molecule is CCCCCCCC(CCCCCC)NC(CCCCNC(=O)OCCN)C(=O)C(CCCCCC)CCCCCC. The summed E-state index contributed by atoms with van der Waals surface area (Å²) in [6, 6.07) is 0.339. The molecule has 0 aliphatic rings. The Morgan fingerprint density at radius 1 is 0.595 bits per heavy atom. The lowest BCUT2D eigenvalue weighted by Gasteiger charge is -2.29. The summed E-state index contributed by atoms with van der Waals surface area (Å²) in [5.41, 5.74) is 5.42. The van der Waals surface area contributed by atoms with Gasteiger partial charge in [-0.05, 0) is 44.9 Å². The normalized spacial score (nSPS) is 12.9. The maximum atomic E-state index is 14.2. The van der Waals surface area contributed by atoms with Crippen molar-refractivity contribution in [1.82, 2.24) is 10.6 Å². The second kappa shape index (κ2) is 31.3. The first kappa shape index (κ1) is 40.9. The average Bonchev–Trinajstić information content (AvgIpc) is 2.99. The van der Waals surface area contributed by atoms with Crippen molar-refractivity contribution >= 4 is 11.9 Å². The molecule has 0 rings (SSSR count). The molecule has 0 radical (unpaired) electrons. The highest BCUT2D eigenvalue weighted by molar-refractivity contribution is 5.86. The second-order valence-electron chi connectivity index (χ2n) is 12.6. The molecule has 0 spiro atoms. The fourth-order valence-corrected chi connectivity index (χ4v) is 5.93. The molecular formula is C36H73N3O3. The summed E-state index contributed by atoms with van der Waals surface area (Å²) in [5, 5.41) is 6.78. The number of alkyl carbamates (subject to hydrolysis) is 1. The fourth-order valence-electron chi connectivity index (χ4n) is 5.93. The maximum Gasteiger partial charge on any atom is 0.407 e. The smallest absolute Gasteiger partial charge is 0.407 e. The standard InChI is InChI=1S/C36H73N3O3/c1-5-9-13-17-21-27-33(26-20-16-12-8-4)39-34(28-22-23-30-38-36(41)42-31-29-37)35(40)32(24-18-14-10-6-2)25-19-15-11-7-3/h32-34,39H,5-31,37H2,1-4H3,(H,38,41). The molecule has 0 aromatic carbocycles. The van der Waals surface area contributed by atoms with Gasteiger partial charge >= 0.3 is 6.09 Å². The number of unbranched alkanes of at least 4 members (excludes halogenated alkanes) is 14. The lowest BCUT2D eigenvalue weighted by atomic mass is 9.85. The first-order valence-corrected chi connectivity index (χ1v) is 18.4. The van der Waals surface area contributed by atoms with Gasteiger partial charge in [-0.25, -0.2) is 4.79 Å². The van der Waals surface area contributed by atoms with Crippen molar-refractivity contribution in [3.63, 3.8) is 0 Å². The van der Waals surface area contributed by atoms with Crippen LogP contribution in [0.5, 0.6) is 0 Å². The Morgan fingerprint density at radius 2 is 1.05 bits per heavy atom. The molecule has 2 atom stereocenters. The van der Waals surface area contributed by atoms with Crippen LogP contribution in [0.25, 0.3) is 0 Å². The van der Waals surface area contributed by atoms with Gasteiger partial charge in [0.2, 0.25) is 0 Å². The molecule has 0 aliphatic heterocycles. The van der Waals surface area contributed by atoms with Gasteiger partial charge in [0.05, 0.1) is 6.04 Å². The van der Waals surface area contributed by atoms with Crippen LogP contribution >= 0.6 is 0 Å². The van der Waals surface area contributed by atoms with Crippen LogP contribution in [-0.4, -0.2) is 43.7 Å². The zero-order chi connectivity index (χ0) is 31.1. The predicted octanol–water partition coefficient (Wildman–Crippen LogP) is 9.63. The Kier molecular flexibility index (Phi) is 30.4. The number of carbonyl (C=O) groups excluding carboxylic acids is 2. The summed E-state index contributed by atoms with van der Waals surface area (Å²) < 4.78 is 5.03. The van der Waals surface area contributed by atoms with Crippen LogP contribution in [0.3, 0.4) is 0 Å². The van der Waals surface area contributed by atoms with Crippen LogP contribution in [0.2, 0.25) is 0 Å². The minimum atomic E-state index is -0.402. The Morgan fingerprint density at radius 3 is 1.55 bits per heavy atom. The highest BCUT2D eigenvalue weighted by Crippen LogP contribution is 2.24. The molecule has 0 saturated carbocycles. The second-order valence-corrected chi connectivity index (χ2v) is 12.6. The molecule has 0 bridgehead atoms. The molecule has 6 heteroatoms. The molecule has 0 aliphatic carbocycles. The first-order chi connectivity index (χ1) is 20.5. The van der Waals surface area contributed by atoms with Gasteiger partial charge in [0.15, 0.2) is 5.78 Å². The highest BCUT2D eigenvalue weighted by atomic mass is 16.5. The summed E-state index contributed by atoms with van der Waals surface area (Å²) >= 11 is 0. The van der Waals surface area contributed by atoms with Crippen LogP contribution < -0.4 is 16.4 Å². The molecule has 250 valence electrons. The van der Waals surface area contributed by atoms with E-state index in [1.165, 1.54) is 109 Å². The van der Waals surface area contributed by atoms with E-state index in [4.69, 9.17) is 10.5 Å². The predicted molar refractivity (Wildman–Crippen MR) is 181 cm³/mol. The molecular weight excluding hydrogens is 522 g/mol. The Bertz CT molecular complexity index is 589. The topological polar surface area (TPSA) is 93.4 Å². The number of nitrogens with one attached hydrogen (secondary N) is 2. The van der Waals surface area contributed by atoms with Gasteiger partial charge in [0.1, 0.15) is 6.61 Å². The van der Waals surface area contributed by atoms with Crippen molar-refractivity contribution in [2.24, 2.45) is 11.7 Å². The van der Waals surface area contributed by atoms with E-state index in [1.807, 2.05) is 0 Å². The number of nitrogens with two attached hydrogens (primary N) is 1. The molecule has 0 fully saturated rings. The van der Waals surface area contributed by atoms with E-state index in [9.17, 15) is 9.59 Å². The molecule has 0 saturated heterocycles. The summed E-state index contributed by atoms with van der Waals surface area (Å²) in [4.78, 5) is 26.0. The number of rotatable bonds is 32. The number of hydrogen-bond donors (Lipinski definition) is 3. The number of carbonyl (C=O) groups is 2. The van der Waals surface area contributed by atoms with Crippen LogP contribution in [0.4, 0.5) is 4.79 Å². The lowest BCUT2D eigenvalue weighted by molar-refractivity contribution is -0.126. The quantitative estimate of drug-likeness (QED) is 0.0673. The van der Waals surface area contributed by atoms with Crippen LogP contribution in [-0.2, 0) is 9.53 Å². The van der Waals surface area contributed by atoms with E-state index in [1.54, 1.807) is 0 Å². The molecule has 2 unspecified atom stereocenters. The Labute approximate surface area is 261 Å². The summed E-state index contributed by atoms with van der Waals surface area (Å²) in [5.74, 6) is 0.633. The molecule has 4 N–H and O–H groups in total. The molecule has 0 aromatic rings. The van der Waals surface area contributed by atoms with E-state index in [-0.39, 0.29) is 18.6 Å². The monoisotopic (exact) mass is 596 g/mol. The van der Waals surface area contributed by atoms with Gasteiger partial charge in [-0.2, -0.15) is 0 Å². The van der Waals surface area contributed by atoms with E-state index < -0.39 is 6.09 Å². The number of ketones is 1. The minimum absolute atomic E-state index is 0.0802. The van der Waals surface area contributed by atoms with Crippen molar-refractivity contribution in [2.45, 2.75) is 194 Å². The number of Topliss-reactive ketones (excluding diaryl/α,β-unsaturated/α-hetero) is 1. The van der Waals surface area contributed by atoms with E-state index >= 15 is 0 Å². The highest BCUT2D eigenvalue weighted by Gasteiger charge is 2.28. The molecule has 6 nitrogen and oxygen atoms in total. The van der Waals surface area contributed by atoms with Gasteiger partial charge in [-0.15, -0.1) is 0 Å². The van der Waals surface area contributed by atoms with Gasteiger partial charge in [-0.3, -0.25) is 4.79 Å². The zero-order valence-electron chi connectivity index (χ0n) is 28.6. The third-order valence-corrected chi connectivity index (χ3v) is 8.60. The van der Waals surface area contributed by atoms with Crippen LogP contribution in [0, 0.1) is 5.92 Å². The van der Waals surface area contributed by atoms with Gasteiger partial charge < -0.3 is 21.1 Å². The van der Waals surface area contributed by atoms with Gasteiger partial charge in [0.25, 0.3) is 0 Å². The summed E-state index contributed by atoms with van der Waals surface area (Å²) in [7, 11) is 0. The third kappa shape index (κ3) is 24.3. The molecule has 42 heavy (non-hydrogen) atoms. The number of ether oxygens (including phenoxy) is 1. The van der Waals surface area contributed by atoms with Crippen LogP contribution in [0.15, 0.2) is 0 Å². The zero-order valence-corrected chi connectivity index (χ0v) is 28.6. The van der Waals surface area contributed by atoms with E-state index in [0.29, 0.717) is 24.9 Å². The Hall–Kier alpha value is -1.14. The third-order valence-electron chi connectivity index (χ3n) is 8.60. The van der Waals surface area contributed by atoms with Crippen molar-refractivity contribution in [2.75, 3.05) is 19.7 Å². The van der Waals surface area contributed by atoms with Gasteiger partial charge in [-0.1, -0.05) is 137 Å². The van der Waals surface area contributed by atoms with Crippen LogP contribution in [0.1, 0.15) is 182 Å². The molecule has 1 amide bonds. The minimum Gasteiger partial charge on any atom is -0.448 e. The maximum absolute atomic E-state index is 14.2. The van der Waals surface area contributed by atoms with Crippen molar-refractivity contribution in [1.29, 1.82) is 0 Å². The lowest BCUT2D eigenvalue weighted by Crippen LogP contribution is -2.46. The average molecular weight is 596 g/mol. The van der Waals surface area contributed by atoms with Crippen molar-refractivity contribution < 1.29 is 14.3 Å². The number of hydrogen-bond acceptors (Lipinski definition) is 5. The van der Waals surface area contributed by atoms with Gasteiger partial charge in [0, 0.05) is 25.0 Å². The largest absolute Gasteiger partial charge is 0.448 e.